The summed E-state index contributed by atoms with van der Waals surface area (Å²) in [6, 6.07) is 10.6. The second kappa shape index (κ2) is 6.91. The Hall–Kier alpha value is -2.74. The van der Waals surface area contributed by atoms with Crippen molar-refractivity contribution in [2.45, 2.75) is 44.3 Å². The van der Waals surface area contributed by atoms with Crippen LogP contribution >= 0.6 is 0 Å². The topological polar surface area (TPSA) is 84.9 Å². The number of hydrogen-bond donors (Lipinski definition) is 1. The minimum Gasteiger partial charge on any atom is -0.448 e. The van der Waals surface area contributed by atoms with Gasteiger partial charge in [0.1, 0.15) is 0 Å². The van der Waals surface area contributed by atoms with Crippen LogP contribution in [0.1, 0.15) is 48.0 Å². The van der Waals surface area contributed by atoms with Crippen LogP contribution in [0.3, 0.4) is 0 Å². The highest BCUT2D eigenvalue weighted by Crippen LogP contribution is 2.46. The Morgan fingerprint density at radius 3 is 2.57 bits per heavy atom. The number of nitrogens with zero attached hydrogens (tertiary/aromatic N) is 1. The van der Waals surface area contributed by atoms with Crippen LogP contribution in [0.15, 0.2) is 36.4 Å². The number of ether oxygens (including phenoxy) is 2. The molecule has 8 heteroatoms. The zero-order valence-corrected chi connectivity index (χ0v) is 17.6. The molecule has 30 heavy (non-hydrogen) atoms. The SMILES string of the molecule is CS(=O)(=O)N1CCc2cc(C(=O)Nc3ccc4c(c3)OC3(CCCCC3)O4)ccc21. The van der Waals surface area contributed by atoms with Gasteiger partial charge in [0, 0.05) is 36.7 Å². The lowest BCUT2D eigenvalue weighted by molar-refractivity contribution is -0.105. The molecular formula is C22H24N2O5S. The van der Waals surface area contributed by atoms with Gasteiger partial charge in [0.2, 0.25) is 10.0 Å². The Morgan fingerprint density at radius 2 is 1.80 bits per heavy atom. The van der Waals surface area contributed by atoms with E-state index in [-0.39, 0.29) is 5.91 Å². The standard InChI is InChI=1S/C22H24N2O5S/c1-30(26,27)24-12-9-15-13-16(5-7-18(15)24)21(25)23-17-6-8-19-20(14-17)29-22(28-19)10-3-2-4-11-22/h5-8,13-14H,2-4,9-12H2,1H3,(H,23,25). The number of carbonyl (C=O) groups is 1. The van der Waals surface area contributed by atoms with Crippen LogP contribution in [0, 0.1) is 0 Å². The Labute approximate surface area is 176 Å². The highest BCUT2D eigenvalue weighted by atomic mass is 32.2. The number of amides is 1. The second-order valence-electron chi connectivity index (χ2n) is 8.22. The van der Waals surface area contributed by atoms with E-state index in [1.54, 1.807) is 30.3 Å². The monoisotopic (exact) mass is 428 g/mol. The second-order valence-corrected chi connectivity index (χ2v) is 10.1. The molecule has 0 radical (unpaired) electrons. The van der Waals surface area contributed by atoms with Crippen LogP contribution in [0.25, 0.3) is 0 Å². The van der Waals surface area contributed by atoms with Crippen molar-refractivity contribution >= 4 is 27.3 Å². The smallest absolute Gasteiger partial charge is 0.255 e. The first-order valence-electron chi connectivity index (χ1n) is 10.3. The minimum absolute atomic E-state index is 0.248. The minimum atomic E-state index is -3.31. The summed E-state index contributed by atoms with van der Waals surface area (Å²) in [7, 11) is -3.31. The van der Waals surface area contributed by atoms with Gasteiger partial charge in [-0.05, 0) is 55.2 Å². The van der Waals surface area contributed by atoms with E-state index in [0.29, 0.717) is 41.4 Å². The number of fused-ring (bicyclic) bond motifs is 2. The maximum absolute atomic E-state index is 12.8. The first kappa shape index (κ1) is 19.2. The van der Waals surface area contributed by atoms with E-state index >= 15 is 0 Å². The van der Waals surface area contributed by atoms with Crippen molar-refractivity contribution in [3.05, 3.63) is 47.5 Å². The van der Waals surface area contributed by atoms with E-state index in [2.05, 4.69) is 5.32 Å². The molecule has 1 saturated carbocycles. The molecular weight excluding hydrogens is 404 g/mol. The van der Waals surface area contributed by atoms with E-state index in [1.165, 1.54) is 17.0 Å². The zero-order chi connectivity index (χ0) is 20.9. The Morgan fingerprint density at radius 1 is 1.03 bits per heavy atom. The van der Waals surface area contributed by atoms with Gasteiger partial charge in [-0.25, -0.2) is 8.42 Å². The summed E-state index contributed by atoms with van der Waals surface area (Å²) in [5.41, 5.74) is 2.63. The Bertz CT molecular complexity index is 1120. The van der Waals surface area contributed by atoms with Crippen LogP contribution in [-0.2, 0) is 16.4 Å². The molecule has 3 aliphatic rings. The van der Waals surface area contributed by atoms with E-state index in [1.807, 2.05) is 6.07 Å². The summed E-state index contributed by atoms with van der Waals surface area (Å²) in [5, 5.41) is 2.91. The third kappa shape index (κ3) is 3.39. The molecule has 1 amide bonds. The molecule has 7 nitrogen and oxygen atoms in total. The van der Waals surface area contributed by atoms with Gasteiger partial charge in [0.15, 0.2) is 11.5 Å². The molecule has 1 aliphatic carbocycles. The number of anilines is 2. The number of carbonyl (C=O) groups excluding carboxylic acids is 1. The highest BCUT2D eigenvalue weighted by Gasteiger charge is 2.42. The molecule has 0 saturated heterocycles. The molecule has 2 aromatic rings. The fraction of sp³-hybridized carbons (Fsp3) is 0.409. The van der Waals surface area contributed by atoms with Crippen molar-refractivity contribution in [3.63, 3.8) is 0 Å². The molecule has 5 rings (SSSR count). The Kier molecular flexibility index (Phi) is 4.43. The first-order chi connectivity index (χ1) is 14.3. The number of nitrogens with one attached hydrogen (secondary N) is 1. The summed E-state index contributed by atoms with van der Waals surface area (Å²) in [5.74, 6) is 0.580. The van der Waals surface area contributed by atoms with Crippen molar-refractivity contribution in [1.29, 1.82) is 0 Å². The van der Waals surface area contributed by atoms with Gasteiger partial charge < -0.3 is 14.8 Å². The van der Waals surface area contributed by atoms with Crippen molar-refractivity contribution in [3.8, 4) is 11.5 Å². The molecule has 0 unspecified atom stereocenters. The average Bonchev–Trinajstić information content (AvgIpc) is 3.28. The van der Waals surface area contributed by atoms with Gasteiger partial charge in [-0.15, -0.1) is 0 Å². The van der Waals surface area contributed by atoms with E-state index in [4.69, 9.17) is 9.47 Å². The van der Waals surface area contributed by atoms with Crippen LogP contribution in [0.5, 0.6) is 11.5 Å². The van der Waals surface area contributed by atoms with Crippen molar-refractivity contribution < 1.29 is 22.7 Å². The summed E-state index contributed by atoms with van der Waals surface area (Å²) in [4.78, 5) is 12.8. The number of rotatable bonds is 3. The molecule has 0 atom stereocenters. The number of hydrogen-bond acceptors (Lipinski definition) is 5. The van der Waals surface area contributed by atoms with E-state index in [0.717, 1.165) is 31.2 Å². The maximum Gasteiger partial charge on any atom is 0.255 e. The molecule has 1 spiro atoms. The lowest BCUT2D eigenvalue weighted by atomic mass is 9.94. The van der Waals surface area contributed by atoms with Crippen molar-refractivity contribution in [1.82, 2.24) is 0 Å². The van der Waals surface area contributed by atoms with Crippen LogP contribution in [0.4, 0.5) is 11.4 Å². The lowest BCUT2D eigenvalue weighted by Gasteiger charge is -2.31. The first-order valence-corrected chi connectivity index (χ1v) is 12.1. The van der Waals surface area contributed by atoms with Crippen LogP contribution < -0.4 is 19.1 Å². The number of benzene rings is 2. The fourth-order valence-corrected chi connectivity index (χ4v) is 5.48. The van der Waals surface area contributed by atoms with E-state index in [9.17, 15) is 13.2 Å². The zero-order valence-electron chi connectivity index (χ0n) is 16.8. The molecule has 0 bridgehead atoms. The molecule has 0 aromatic heterocycles. The normalized spacial score (nSPS) is 19.0. The van der Waals surface area contributed by atoms with Gasteiger partial charge in [-0.2, -0.15) is 0 Å². The van der Waals surface area contributed by atoms with Crippen LogP contribution in [0.2, 0.25) is 0 Å². The quantitative estimate of drug-likeness (QED) is 0.806. The van der Waals surface area contributed by atoms with E-state index < -0.39 is 15.8 Å². The van der Waals surface area contributed by atoms with Crippen LogP contribution in [-0.4, -0.2) is 32.9 Å². The van der Waals surface area contributed by atoms with Gasteiger partial charge in [-0.1, -0.05) is 6.42 Å². The third-order valence-corrected chi connectivity index (χ3v) is 7.18. The van der Waals surface area contributed by atoms with Gasteiger partial charge >= 0.3 is 0 Å². The largest absolute Gasteiger partial charge is 0.448 e. The predicted octanol–water partition coefficient (Wildman–Crippen LogP) is 3.69. The maximum atomic E-state index is 12.8. The van der Waals surface area contributed by atoms with Gasteiger partial charge in [0.05, 0.1) is 11.9 Å². The summed E-state index contributed by atoms with van der Waals surface area (Å²) >= 11 is 0. The molecule has 158 valence electrons. The van der Waals surface area contributed by atoms with Gasteiger partial charge in [0.25, 0.3) is 11.7 Å². The molecule has 2 heterocycles. The molecule has 1 N–H and O–H groups in total. The molecule has 2 aromatic carbocycles. The molecule has 1 fully saturated rings. The van der Waals surface area contributed by atoms with Gasteiger partial charge in [-0.3, -0.25) is 9.10 Å². The van der Waals surface area contributed by atoms with Crippen molar-refractivity contribution in [2.24, 2.45) is 0 Å². The summed E-state index contributed by atoms with van der Waals surface area (Å²) in [6.07, 6.45) is 6.93. The Balaban J connectivity index is 1.32. The summed E-state index contributed by atoms with van der Waals surface area (Å²) in [6.45, 7) is 0.406. The number of sulfonamides is 1. The molecule has 2 aliphatic heterocycles. The predicted molar refractivity (Wildman–Crippen MR) is 114 cm³/mol. The third-order valence-electron chi connectivity index (χ3n) is 6.00. The fourth-order valence-electron chi connectivity index (χ4n) is 4.53. The van der Waals surface area contributed by atoms with Crippen molar-refractivity contribution in [2.75, 3.05) is 22.4 Å². The average molecular weight is 429 g/mol. The highest BCUT2D eigenvalue weighted by molar-refractivity contribution is 7.92. The lowest BCUT2D eigenvalue weighted by Crippen LogP contribution is -2.40. The summed E-state index contributed by atoms with van der Waals surface area (Å²) < 4.78 is 37.4.